The third kappa shape index (κ3) is 3.74. The van der Waals surface area contributed by atoms with Gasteiger partial charge in [0.2, 0.25) is 5.91 Å². The van der Waals surface area contributed by atoms with Crippen LogP contribution in [-0.4, -0.2) is 47.7 Å². The van der Waals surface area contributed by atoms with E-state index in [2.05, 4.69) is 10.3 Å². The third-order valence-corrected chi connectivity index (χ3v) is 3.44. The molecule has 0 aliphatic carbocycles. The van der Waals surface area contributed by atoms with Crippen molar-refractivity contribution in [1.29, 1.82) is 0 Å². The van der Waals surface area contributed by atoms with Gasteiger partial charge in [0.25, 0.3) is 5.22 Å². The normalized spacial score (nSPS) is 16.9. The Balaban J connectivity index is 1.79. The first-order valence-corrected chi connectivity index (χ1v) is 6.77. The Labute approximate surface area is 105 Å². The molecular weight excluding hydrogens is 238 g/mol. The molecule has 0 aromatic carbocycles. The quantitative estimate of drug-likeness (QED) is 0.813. The number of amides is 1. The van der Waals surface area contributed by atoms with Crippen LogP contribution in [0, 0.1) is 6.92 Å². The topological polar surface area (TPSA) is 58.4 Å². The van der Waals surface area contributed by atoms with Crippen molar-refractivity contribution in [2.45, 2.75) is 18.6 Å². The van der Waals surface area contributed by atoms with Crippen molar-refractivity contribution < 1.29 is 9.21 Å². The molecule has 1 aromatic rings. The highest BCUT2D eigenvalue weighted by Crippen LogP contribution is 2.17. The van der Waals surface area contributed by atoms with E-state index in [1.165, 1.54) is 11.8 Å². The van der Waals surface area contributed by atoms with Gasteiger partial charge in [-0.05, 0) is 19.9 Å². The van der Waals surface area contributed by atoms with E-state index in [4.69, 9.17) is 4.42 Å². The second kappa shape index (κ2) is 6.07. The molecule has 0 spiro atoms. The van der Waals surface area contributed by atoms with E-state index in [1.54, 1.807) is 6.26 Å². The lowest BCUT2D eigenvalue weighted by Crippen LogP contribution is -2.35. The molecule has 0 bridgehead atoms. The van der Waals surface area contributed by atoms with E-state index in [0.29, 0.717) is 11.0 Å². The minimum absolute atomic E-state index is 0.162. The second-order valence-electron chi connectivity index (χ2n) is 4.03. The number of carbonyl (C=O) groups excluding carboxylic acids is 1. The van der Waals surface area contributed by atoms with E-state index < -0.39 is 0 Å². The number of rotatable bonds is 3. The first-order valence-electron chi connectivity index (χ1n) is 5.79. The van der Waals surface area contributed by atoms with Gasteiger partial charge in [0, 0.05) is 19.6 Å². The Morgan fingerprint density at radius 1 is 1.59 bits per heavy atom. The van der Waals surface area contributed by atoms with Gasteiger partial charge in [0.1, 0.15) is 6.26 Å². The van der Waals surface area contributed by atoms with E-state index in [1.807, 2.05) is 11.8 Å². The summed E-state index contributed by atoms with van der Waals surface area (Å²) in [6.07, 6.45) is 2.62. The molecular formula is C11H17N3O2S. The highest BCUT2D eigenvalue weighted by molar-refractivity contribution is 7.99. The molecule has 0 unspecified atom stereocenters. The molecule has 1 amide bonds. The molecule has 0 saturated carbocycles. The van der Waals surface area contributed by atoms with Gasteiger partial charge in [-0.15, -0.1) is 0 Å². The number of carbonyl (C=O) groups is 1. The molecule has 5 nitrogen and oxygen atoms in total. The first kappa shape index (κ1) is 12.4. The Hall–Kier alpha value is -1.01. The Morgan fingerprint density at radius 2 is 2.47 bits per heavy atom. The molecule has 6 heteroatoms. The van der Waals surface area contributed by atoms with Crippen LogP contribution in [0.5, 0.6) is 0 Å². The van der Waals surface area contributed by atoms with Crippen LogP contribution in [0.3, 0.4) is 0 Å². The molecule has 0 atom stereocenters. The summed E-state index contributed by atoms with van der Waals surface area (Å²) in [5.74, 6) is 0.564. The fourth-order valence-electron chi connectivity index (χ4n) is 1.71. The van der Waals surface area contributed by atoms with Gasteiger partial charge in [0.15, 0.2) is 0 Å². The fraction of sp³-hybridized carbons (Fsp3) is 0.636. The molecule has 1 aliphatic rings. The molecule has 1 N–H and O–H groups in total. The van der Waals surface area contributed by atoms with Crippen LogP contribution < -0.4 is 5.32 Å². The summed E-state index contributed by atoms with van der Waals surface area (Å²) < 4.78 is 5.20. The van der Waals surface area contributed by atoms with Gasteiger partial charge >= 0.3 is 0 Å². The van der Waals surface area contributed by atoms with Crippen LogP contribution in [-0.2, 0) is 4.79 Å². The van der Waals surface area contributed by atoms with E-state index in [0.717, 1.165) is 38.3 Å². The number of aromatic nitrogens is 1. The second-order valence-corrected chi connectivity index (χ2v) is 4.95. The number of aryl methyl sites for hydroxylation is 1. The molecule has 0 radical (unpaired) electrons. The SMILES string of the molecule is Cc1coc(SCC(=O)N2CCCNCC2)n1. The summed E-state index contributed by atoms with van der Waals surface area (Å²) in [6, 6.07) is 0. The predicted molar refractivity (Wildman–Crippen MR) is 66.0 cm³/mol. The van der Waals surface area contributed by atoms with Crippen molar-refractivity contribution in [3.8, 4) is 0 Å². The number of hydrogen-bond acceptors (Lipinski definition) is 5. The van der Waals surface area contributed by atoms with E-state index in [-0.39, 0.29) is 5.91 Å². The largest absolute Gasteiger partial charge is 0.440 e. The van der Waals surface area contributed by atoms with Crippen LogP contribution in [0.4, 0.5) is 0 Å². The zero-order valence-corrected chi connectivity index (χ0v) is 10.8. The molecule has 1 aromatic heterocycles. The molecule has 94 valence electrons. The Bertz CT molecular complexity index is 373. The van der Waals surface area contributed by atoms with Crippen LogP contribution in [0.25, 0.3) is 0 Å². The van der Waals surface area contributed by atoms with Crippen LogP contribution in [0.15, 0.2) is 15.9 Å². The van der Waals surface area contributed by atoms with Crippen molar-refractivity contribution in [2.75, 3.05) is 31.9 Å². The van der Waals surface area contributed by atoms with Gasteiger partial charge in [-0.3, -0.25) is 4.79 Å². The van der Waals surface area contributed by atoms with Crippen molar-refractivity contribution in [1.82, 2.24) is 15.2 Å². The number of thioether (sulfide) groups is 1. The highest BCUT2D eigenvalue weighted by atomic mass is 32.2. The predicted octanol–water partition coefficient (Wildman–Crippen LogP) is 0.897. The Kier molecular flexibility index (Phi) is 4.44. The molecule has 2 rings (SSSR count). The van der Waals surface area contributed by atoms with Crippen LogP contribution in [0.2, 0.25) is 0 Å². The van der Waals surface area contributed by atoms with Crippen molar-refractivity contribution in [2.24, 2.45) is 0 Å². The molecule has 2 heterocycles. The third-order valence-electron chi connectivity index (χ3n) is 2.61. The number of nitrogens with one attached hydrogen (secondary N) is 1. The highest BCUT2D eigenvalue weighted by Gasteiger charge is 2.16. The standard InChI is InChI=1S/C11H17N3O2S/c1-9-7-16-11(13-9)17-8-10(15)14-5-2-3-12-4-6-14/h7,12H,2-6,8H2,1H3. The van der Waals surface area contributed by atoms with E-state index >= 15 is 0 Å². The lowest BCUT2D eigenvalue weighted by atomic mass is 10.4. The maximum Gasteiger partial charge on any atom is 0.256 e. The summed E-state index contributed by atoms with van der Waals surface area (Å²) in [5, 5.41) is 3.85. The average molecular weight is 255 g/mol. The first-order chi connectivity index (χ1) is 8.25. The zero-order valence-electron chi connectivity index (χ0n) is 9.94. The van der Waals surface area contributed by atoms with Crippen LogP contribution >= 0.6 is 11.8 Å². The summed E-state index contributed by atoms with van der Waals surface area (Å²) in [7, 11) is 0. The number of oxazole rings is 1. The summed E-state index contributed by atoms with van der Waals surface area (Å²) in [5.41, 5.74) is 0.846. The lowest BCUT2D eigenvalue weighted by molar-refractivity contribution is -0.128. The molecule has 1 saturated heterocycles. The molecule has 17 heavy (non-hydrogen) atoms. The maximum atomic E-state index is 11.9. The van der Waals surface area contributed by atoms with Crippen LogP contribution in [0.1, 0.15) is 12.1 Å². The molecule has 1 aliphatic heterocycles. The van der Waals surface area contributed by atoms with Crippen molar-refractivity contribution in [3.63, 3.8) is 0 Å². The zero-order chi connectivity index (χ0) is 12.1. The average Bonchev–Trinajstić information content (AvgIpc) is 2.58. The van der Waals surface area contributed by atoms with Gasteiger partial charge in [-0.25, -0.2) is 4.98 Å². The number of hydrogen-bond donors (Lipinski definition) is 1. The van der Waals surface area contributed by atoms with Gasteiger partial charge in [0.05, 0.1) is 11.4 Å². The fourth-order valence-corrected chi connectivity index (χ4v) is 2.46. The van der Waals surface area contributed by atoms with Crippen molar-refractivity contribution >= 4 is 17.7 Å². The summed E-state index contributed by atoms with van der Waals surface area (Å²) in [6.45, 7) is 5.39. The smallest absolute Gasteiger partial charge is 0.256 e. The van der Waals surface area contributed by atoms with Crippen molar-refractivity contribution in [3.05, 3.63) is 12.0 Å². The lowest BCUT2D eigenvalue weighted by Gasteiger charge is -2.19. The van der Waals surface area contributed by atoms with Gasteiger partial charge < -0.3 is 14.6 Å². The maximum absolute atomic E-state index is 11.9. The molecule has 1 fully saturated rings. The summed E-state index contributed by atoms with van der Waals surface area (Å²) >= 11 is 1.36. The summed E-state index contributed by atoms with van der Waals surface area (Å²) in [4.78, 5) is 18.0. The number of nitrogens with zero attached hydrogens (tertiary/aromatic N) is 2. The minimum atomic E-state index is 0.162. The van der Waals surface area contributed by atoms with Gasteiger partial charge in [-0.2, -0.15) is 0 Å². The van der Waals surface area contributed by atoms with E-state index in [9.17, 15) is 4.79 Å². The van der Waals surface area contributed by atoms with Gasteiger partial charge in [-0.1, -0.05) is 11.8 Å². The minimum Gasteiger partial charge on any atom is -0.440 e. The monoisotopic (exact) mass is 255 g/mol. The Morgan fingerprint density at radius 3 is 3.24 bits per heavy atom.